The van der Waals surface area contributed by atoms with Gasteiger partial charge >= 0.3 is 0 Å². The van der Waals surface area contributed by atoms with Gasteiger partial charge in [-0.25, -0.2) is 4.98 Å². The molecular weight excluding hydrogens is 198 g/mol. The normalized spacial score (nSPS) is 18.8. The maximum atomic E-state index is 5.67. The van der Waals surface area contributed by atoms with Gasteiger partial charge in [0.1, 0.15) is 11.6 Å². The molecule has 16 heavy (non-hydrogen) atoms. The fourth-order valence-electron chi connectivity index (χ4n) is 2.34. The summed E-state index contributed by atoms with van der Waals surface area (Å²) >= 11 is 0. The summed E-state index contributed by atoms with van der Waals surface area (Å²) in [6.07, 6.45) is 9.35. The molecule has 3 N–H and O–H groups in total. The second-order valence-electron chi connectivity index (χ2n) is 4.63. The lowest BCUT2D eigenvalue weighted by atomic mass is 9.97. The van der Waals surface area contributed by atoms with Crippen molar-refractivity contribution < 1.29 is 0 Å². The van der Waals surface area contributed by atoms with Crippen molar-refractivity contribution in [2.45, 2.75) is 51.0 Å². The van der Waals surface area contributed by atoms with Crippen molar-refractivity contribution in [2.24, 2.45) is 0 Å². The molecule has 1 aromatic rings. The van der Waals surface area contributed by atoms with E-state index in [-0.39, 0.29) is 0 Å². The van der Waals surface area contributed by atoms with E-state index in [9.17, 15) is 0 Å². The van der Waals surface area contributed by atoms with E-state index >= 15 is 0 Å². The van der Waals surface area contributed by atoms with E-state index in [2.05, 4.69) is 10.3 Å². The quantitative estimate of drug-likeness (QED) is 0.803. The fraction of sp³-hybridized carbons (Fsp3) is 0.615. The van der Waals surface area contributed by atoms with E-state index in [1.54, 1.807) is 0 Å². The summed E-state index contributed by atoms with van der Waals surface area (Å²) in [5, 5.41) is 3.50. The van der Waals surface area contributed by atoms with Crippen LogP contribution in [0.25, 0.3) is 0 Å². The minimum absolute atomic E-state index is 0.578. The third-order valence-electron chi connectivity index (χ3n) is 3.23. The lowest BCUT2D eigenvalue weighted by Gasteiger charge is -2.21. The van der Waals surface area contributed by atoms with Crippen LogP contribution in [0.3, 0.4) is 0 Å². The molecule has 1 fully saturated rings. The van der Waals surface area contributed by atoms with Crippen LogP contribution >= 0.6 is 0 Å². The molecule has 0 aliphatic heterocycles. The lowest BCUT2D eigenvalue weighted by Crippen LogP contribution is -2.21. The summed E-state index contributed by atoms with van der Waals surface area (Å²) in [5.41, 5.74) is 5.67. The predicted molar refractivity (Wildman–Crippen MR) is 68.4 cm³/mol. The Labute approximate surface area is 97.5 Å². The molecule has 0 bridgehead atoms. The number of hydrogen-bond acceptors (Lipinski definition) is 3. The number of pyridine rings is 1. The average molecular weight is 219 g/mol. The van der Waals surface area contributed by atoms with Crippen LogP contribution in [-0.2, 0) is 0 Å². The first kappa shape index (κ1) is 11.2. The molecule has 0 unspecified atom stereocenters. The van der Waals surface area contributed by atoms with Crippen LogP contribution in [0.15, 0.2) is 18.2 Å². The van der Waals surface area contributed by atoms with E-state index in [1.807, 2.05) is 18.2 Å². The summed E-state index contributed by atoms with van der Waals surface area (Å²) in [6.45, 7) is 0. The molecule has 3 nitrogen and oxygen atoms in total. The van der Waals surface area contributed by atoms with Crippen LogP contribution in [0.5, 0.6) is 0 Å². The largest absolute Gasteiger partial charge is 0.384 e. The number of nitrogens with two attached hydrogens (primary N) is 1. The highest BCUT2D eigenvalue weighted by atomic mass is 15.0. The average Bonchev–Trinajstić information content (AvgIpc) is 2.22. The second-order valence-corrected chi connectivity index (χ2v) is 4.63. The van der Waals surface area contributed by atoms with Gasteiger partial charge in [0.25, 0.3) is 0 Å². The molecule has 0 atom stereocenters. The maximum Gasteiger partial charge on any atom is 0.128 e. The third-order valence-corrected chi connectivity index (χ3v) is 3.23. The molecule has 0 aromatic carbocycles. The Morgan fingerprint density at radius 1 is 1.06 bits per heavy atom. The molecule has 1 heterocycles. The number of rotatable bonds is 2. The van der Waals surface area contributed by atoms with Crippen LogP contribution in [0, 0.1) is 0 Å². The highest BCUT2D eigenvalue weighted by Crippen LogP contribution is 2.20. The van der Waals surface area contributed by atoms with Crippen LogP contribution < -0.4 is 11.1 Å². The van der Waals surface area contributed by atoms with E-state index in [4.69, 9.17) is 5.73 Å². The topological polar surface area (TPSA) is 50.9 Å². The SMILES string of the molecule is Nc1cccc(NC2CCCCCCC2)n1. The summed E-state index contributed by atoms with van der Waals surface area (Å²) in [5.74, 6) is 1.52. The van der Waals surface area contributed by atoms with Gasteiger partial charge < -0.3 is 11.1 Å². The highest BCUT2D eigenvalue weighted by molar-refractivity contribution is 5.42. The maximum absolute atomic E-state index is 5.67. The first-order valence-corrected chi connectivity index (χ1v) is 6.34. The minimum atomic E-state index is 0.578. The van der Waals surface area contributed by atoms with Crippen molar-refractivity contribution in [3.8, 4) is 0 Å². The Kier molecular flexibility index (Phi) is 4.03. The zero-order valence-corrected chi connectivity index (χ0v) is 9.78. The zero-order valence-electron chi connectivity index (χ0n) is 9.78. The standard InChI is InChI=1S/C13H21N3/c14-12-9-6-10-13(16-12)15-11-7-4-2-1-3-5-8-11/h6,9-11H,1-5,7-8H2,(H3,14,15,16). The first-order valence-electron chi connectivity index (χ1n) is 6.34. The van der Waals surface area contributed by atoms with Gasteiger partial charge in [-0.15, -0.1) is 0 Å². The second kappa shape index (κ2) is 5.73. The predicted octanol–water partition coefficient (Wildman–Crippen LogP) is 3.19. The van der Waals surface area contributed by atoms with Crippen molar-refractivity contribution in [3.63, 3.8) is 0 Å². The van der Waals surface area contributed by atoms with Crippen molar-refractivity contribution >= 4 is 11.6 Å². The molecule has 0 radical (unpaired) electrons. The van der Waals surface area contributed by atoms with E-state index in [0.29, 0.717) is 11.9 Å². The van der Waals surface area contributed by atoms with Crippen LogP contribution in [0.2, 0.25) is 0 Å². The van der Waals surface area contributed by atoms with Gasteiger partial charge in [-0.1, -0.05) is 38.2 Å². The number of aromatic nitrogens is 1. The minimum Gasteiger partial charge on any atom is -0.384 e. The third kappa shape index (κ3) is 3.40. The molecule has 1 aromatic heterocycles. The molecule has 0 saturated heterocycles. The molecular formula is C13H21N3. The highest BCUT2D eigenvalue weighted by Gasteiger charge is 2.11. The number of nitrogens with zero attached hydrogens (tertiary/aromatic N) is 1. The van der Waals surface area contributed by atoms with Crippen molar-refractivity contribution in [1.29, 1.82) is 0 Å². The lowest BCUT2D eigenvalue weighted by molar-refractivity contribution is 0.471. The van der Waals surface area contributed by atoms with Gasteiger partial charge in [-0.2, -0.15) is 0 Å². The van der Waals surface area contributed by atoms with E-state index < -0.39 is 0 Å². The van der Waals surface area contributed by atoms with Gasteiger partial charge in [-0.3, -0.25) is 0 Å². The van der Waals surface area contributed by atoms with Gasteiger partial charge in [0.05, 0.1) is 0 Å². The Balaban J connectivity index is 1.91. The van der Waals surface area contributed by atoms with E-state index in [0.717, 1.165) is 5.82 Å². The number of anilines is 2. The molecule has 0 spiro atoms. The van der Waals surface area contributed by atoms with Gasteiger partial charge in [0.15, 0.2) is 0 Å². The molecule has 0 amide bonds. The van der Waals surface area contributed by atoms with Crippen LogP contribution in [-0.4, -0.2) is 11.0 Å². The van der Waals surface area contributed by atoms with Crippen molar-refractivity contribution in [1.82, 2.24) is 4.98 Å². The van der Waals surface area contributed by atoms with Crippen molar-refractivity contribution in [2.75, 3.05) is 11.1 Å². The van der Waals surface area contributed by atoms with Crippen LogP contribution in [0.4, 0.5) is 11.6 Å². The van der Waals surface area contributed by atoms with E-state index in [1.165, 1.54) is 44.9 Å². The number of nitrogens with one attached hydrogen (secondary N) is 1. The van der Waals surface area contributed by atoms with Gasteiger partial charge in [0.2, 0.25) is 0 Å². The van der Waals surface area contributed by atoms with Gasteiger partial charge in [-0.05, 0) is 25.0 Å². The molecule has 1 aliphatic carbocycles. The van der Waals surface area contributed by atoms with Gasteiger partial charge in [0, 0.05) is 6.04 Å². The Morgan fingerprint density at radius 2 is 1.75 bits per heavy atom. The monoisotopic (exact) mass is 219 g/mol. The number of nitrogen functional groups attached to an aromatic ring is 1. The molecule has 88 valence electrons. The Bertz CT molecular complexity index is 317. The summed E-state index contributed by atoms with van der Waals surface area (Å²) in [7, 11) is 0. The Hall–Kier alpha value is -1.25. The smallest absolute Gasteiger partial charge is 0.128 e. The summed E-state index contributed by atoms with van der Waals surface area (Å²) < 4.78 is 0. The molecule has 1 aliphatic rings. The zero-order chi connectivity index (χ0) is 11.2. The first-order chi connectivity index (χ1) is 7.84. The fourth-order valence-corrected chi connectivity index (χ4v) is 2.34. The van der Waals surface area contributed by atoms with Crippen molar-refractivity contribution in [3.05, 3.63) is 18.2 Å². The molecule has 2 rings (SSSR count). The number of hydrogen-bond donors (Lipinski definition) is 2. The van der Waals surface area contributed by atoms with Crippen LogP contribution in [0.1, 0.15) is 44.9 Å². The Morgan fingerprint density at radius 3 is 2.44 bits per heavy atom. The molecule has 3 heteroatoms. The molecule has 1 saturated carbocycles. The summed E-state index contributed by atoms with van der Waals surface area (Å²) in [6, 6.07) is 6.35. The summed E-state index contributed by atoms with van der Waals surface area (Å²) in [4.78, 5) is 4.29.